The summed E-state index contributed by atoms with van der Waals surface area (Å²) in [6.07, 6.45) is 0. The van der Waals surface area contributed by atoms with E-state index in [0.29, 0.717) is 18.0 Å². The van der Waals surface area contributed by atoms with Crippen LogP contribution in [0, 0.1) is 25.2 Å². The average molecular weight is 268 g/mol. The third kappa shape index (κ3) is 3.05. The molecule has 0 radical (unpaired) electrons. The Morgan fingerprint density at radius 1 is 1.30 bits per heavy atom. The molecule has 0 spiro atoms. The van der Waals surface area contributed by atoms with Gasteiger partial charge in [-0.2, -0.15) is 5.26 Å². The van der Waals surface area contributed by atoms with Gasteiger partial charge >= 0.3 is 0 Å². The molecule has 20 heavy (non-hydrogen) atoms. The first-order valence-corrected chi connectivity index (χ1v) is 6.20. The van der Waals surface area contributed by atoms with E-state index in [2.05, 4.69) is 16.5 Å². The van der Waals surface area contributed by atoms with Crippen molar-refractivity contribution < 1.29 is 4.74 Å². The van der Waals surface area contributed by atoms with Crippen LogP contribution >= 0.6 is 0 Å². The first kappa shape index (κ1) is 13.8. The molecule has 1 heterocycles. The summed E-state index contributed by atoms with van der Waals surface area (Å²) in [5, 5.41) is 8.92. The summed E-state index contributed by atoms with van der Waals surface area (Å²) in [5.41, 5.74) is 5.80. The second-order valence-electron chi connectivity index (χ2n) is 4.50. The number of hydrazine groups is 1. The molecule has 5 heteroatoms. The Labute approximate surface area is 118 Å². The molecule has 0 fully saturated rings. The molecule has 0 saturated heterocycles. The van der Waals surface area contributed by atoms with Crippen LogP contribution in [0.2, 0.25) is 0 Å². The van der Waals surface area contributed by atoms with Gasteiger partial charge in [-0.3, -0.25) is 0 Å². The van der Waals surface area contributed by atoms with Crippen LogP contribution in [0.25, 0.3) is 0 Å². The molecule has 102 valence electrons. The molecule has 3 N–H and O–H groups in total. The maximum atomic E-state index is 8.92. The Bertz CT molecular complexity index is 638. The predicted octanol–water partition coefficient (Wildman–Crippen LogP) is 2.43. The zero-order valence-electron chi connectivity index (χ0n) is 11.5. The van der Waals surface area contributed by atoms with Gasteiger partial charge in [0.25, 0.3) is 0 Å². The number of anilines is 1. The summed E-state index contributed by atoms with van der Waals surface area (Å²) in [7, 11) is 0. The van der Waals surface area contributed by atoms with Gasteiger partial charge in [-0.25, -0.2) is 10.8 Å². The minimum Gasteiger partial charge on any atom is -0.487 e. The molecule has 0 aliphatic carbocycles. The maximum absolute atomic E-state index is 8.92. The minimum atomic E-state index is 0.350. The zero-order valence-corrected chi connectivity index (χ0v) is 11.5. The maximum Gasteiger partial charge on any atom is 0.140 e. The number of nitrogen functional groups attached to an aromatic ring is 1. The highest BCUT2D eigenvalue weighted by atomic mass is 16.5. The molecule has 2 aromatic rings. The van der Waals surface area contributed by atoms with Gasteiger partial charge < -0.3 is 10.2 Å². The molecular formula is C15H16N4O. The van der Waals surface area contributed by atoms with Gasteiger partial charge in [0.05, 0.1) is 17.3 Å². The lowest BCUT2D eigenvalue weighted by atomic mass is 10.1. The molecular weight excluding hydrogens is 252 g/mol. The van der Waals surface area contributed by atoms with E-state index in [1.807, 2.05) is 38.1 Å². The predicted molar refractivity (Wildman–Crippen MR) is 77.0 cm³/mol. The van der Waals surface area contributed by atoms with Gasteiger partial charge in [0, 0.05) is 0 Å². The number of nitrogens with zero attached hydrogens (tertiary/aromatic N) is 2. The fourth-order valence-electron chi connectivity index (χ4n) is 2.03. The Kier molecular flexibility index (Phi) is 4.18. The van der Waals surface area contributed by atoms with Crippen LogP contribution in [0.1, 0.15) is 22.4 Å². The molecule has 0 amide bonds. The number of ether oxygens (including phenoxy) is 1. The van der Waals surface area contributed by atoms with Crippen molar-refractivity contribution in [3.63, 3.8) is 0 Å². The quantitative estimate of drug-likeness (QED) is 0.657. The van der Waals surface area contributed by atoms with Crippen LogP contribution in [0.5, 0.6) is 5.75 Å². The minimum absolute atomic E-state index is 0.350. The van der Waals surface area contributed by atoms with Crippen LogP contribution < -0.4 is 16.0 Å². The van der Waals surface area contributed by atoms with E-state index < -0.39 is 0 Å². The zero-order chi connectivity index (χ0) is 14.5. The van der Waals surface area contributed by atoms with E-state index in [-0.39, 0.29) is 0 Å². The van der Waals surface area contributed by atoms with E-state index in [1.54, 1.807) is 6.07 Å². The lowest BCUT2D eigenvalue weighted by Gasteiger charge is -2.12. The van der Waals surface area contributed by atoms with Crippen molar-refractivity contribution in [3.8, 4) is 11.8 Å². The number of nitrogens with two attached hydrogens (primary N) is 1. The van der Waals surface area contributed by atoms with Crippen molar-refractivity contribution in [1.82, 2.24) is 4.98 Å². The molecule has 1 aromatic heterocycles. The average Bonchev–Trinajstić information content (AvgIpc) is 2.46. The smallest absolute Gasteiger partial charge is 0.140 e. The summed E-state index contributed by atoms with van der Waals surface area (Å²) in [6, 6.07) is 11.3. The van der Waals surface area contributed by atoms with Gasteiger partial charge in [-0.15, -0.1) is 0 Å². The summed E-state index contributed by atoms with van der Waals surface area (Å²) < 4.78 is 5.81. The van der Waals surface area contributed by atoms with Crippen molar-refractivity contribution >= 4 is 5.82 Å². The number of hydrogen-bond acceptors (Lipinski definition) is 5. The second kappa shape index (κ2) is 6.04. The van der Waals surface area contributed by atoms with Gasteiger partial charge in [-0.1, -0.05) is 6.07 Å². The summed E-state index contributed by atoms with van der Waals surface area (Å²) in [5.74, 6) is 6.71. The van der Waals surface area contributed by atoms with Gasteiger partial charge in [0.1, 0.15) is 18.2 Å². The Morgan fingerprint density at radius 2 is 2.00 bits per heavy atom. The highest BCUT2D eigenvalue weighted by molar-refractivity contribution is 5.47. The number of hydrogen-bond donors (Lipinski definition) is 2. The second-order valence-corrected chi connectivity index (χ2v) is 4.50. The Balaban J connectivity index is 2.17. The lowest BCUT2D eigenvalue weighted by Crippen LogP contribution is -2.10. The number of pyridine rings is 1. The molecule has 0 aliphatic heterocycles. The summed E-state index contributed by atoms with van der Waals surface area (Å²) in [6.45, 7) is 4.20. The number of nitrogens with one attached hydrogen (secondary N) is 1. The first-order valence-electron chi connectivity index (χ1n) is 6.20. The van der Waals surface area contributed by atoms with E-state index in [1.165, 1.54) is 0 Å². The molecule has 0 atom stereocenters. The topological polar surface area (TPSA) is 84.0 Å². The van der Waals surface area contributed by atoms with E-state index in [9.17, 15) is 0 Å². The van der Waals surface area contributed by atoms with Crippen LogP contribution in [-0.4, -0.2) is 4.98 Å². The number of benzene rings is 1. The fourth-order valence-corrected chi connectivity index (χ4v) is 2.03. The normalized spacial score (nSPS) is 9.90. The van der Waals surface area contributed by atoms with Crippen molar-refractivity contribution in [3.05, 3.63) is 52.7 Å². The summed E-state index contributed by atoms with van der Waals surface area (Å²) >= 11 is 0. The number of aromatic nitrogens is 1. The van der Waals surface area contributed by atoms with Crippen LogP contribution in [-0.2, 0) is 6.61 Å². The highest BCUT2D eigenvalue weighted by Crippen LogP contribution is 2.25. The summed E-state index contributed by atoms with van der Waals surface area (Å²) in [4.78, 5) is 4.29. The SMILES string of the molecule is Cc1cc(C#N)cc(C)c1OCc1cccc(NN)n1. The largest absolute Gasteiger partial charge is 0.487 e. The van der Waals surface area contributed by atoms with Crippen molar-refractivity contribution in [1.29, 1.82) is 5.26 Å². The van der Waals surface area contributed by atoms with Gasteiger partial charge in [0.15, 0.2) is 0 Å². The van der Waals surface area contributed by atoms with Crippen LogP contribution in [0.3, 0.4) is 0 Å². The highest BCUT2D eigenvalue weighted by Gasteiger charge is 2.07. The van der Waals surface area contributed by atoms with Gasteiger partial charge in [0.2, 0.25) is 0 Å². The van der Waals surface area contributed by atoms with Crippen molar-refractivity contribution in [2.45, 2.75) is 20.5 Å². The molecule has 5 nitrogen and oxygen atoms in total. The number of aryl methyl sites for hydroxylation is 2. The molecule has 0 aliphatic rings. The third-order valence-corrected chi connectivity index (χ3v) is 2.91. The third-order valence-electron chi connectivity index (χ3n) is 2.91. The molecule has 2 rings (SSSR count). The van der Waals surface area contributed by atoms with Gasteiger partial charge in [-0.05, 0) is 49.2 Å². The van der Waals surface area contributed by atoms with Crippen LogP contribution in [0.15, 0.2) is 30.3 Å². The lowest BCUT2D eigenvalue weighted by molar-refractivity contribution is 0.297. The van der Waals surface area contributed by atoms with Crippen molar-refractivity contribution in [2.24, 2.45) is 5.84 Å². The van der Waals surface area contributed by atoms with E-state index in [0.717, 1.165) is 22.6 Å². The number of rotatable bonds is 4. The van der Waals surface area contributed by atoms with E-state index in [4.69, 9.17) is 15.8 Å². The first-order chi connectivity index (χ1) is 9.63. The van der Waals surface area contributed by atoms with Crippen molar-refractivity contribution in [2.75, 3.05) is 5.43 Å². The molecule has 0 bridgehead atoms. The molecule has 1 aromatic carbocycles. The Hall–Kier alpha value is -2.58. The molecule has 0 saturated carbocycles. The Morgan fingerprint density at radius 3 is 2.60 bits per heavy atom. The standard InChI is InChI=1S/C15H16N4O/c1-10-6-12(8-16)7-11(2)15(10)20-9-13-4-3-5-14(18-13)19-17/h3-7H,9,17H2,1-2H3,(H,18,19). The molecule has 0 unspecified atom stereocenters. The van der Waals surface area contributed by atoms with Crippen LogP contribution in [0.4, 0.5) is 5.82 Å². The number of nitriles is 1. The fraction of sp³-hybridized carbons (Fsp3) is 0.200. The van der Waals surface area contributed by atoms with E-state index >= 15 is 0 Å². The monoisotopic (exact) mass is 268 g/mol.